The summed E-state index contributed by atoms with van der Waals surface area (Å²) < 4.78 is 4.85. The average molecular weight is 252 g/mol. The van der Waals surface area contributed by atoms with Gasteiger partial charge in [-0.2, -0.15) is 25.3 Å². The van der Waals surface area contributed by atoms with E-state index in [1.54, 1.807) is 0 Å². The Morgan fingerprint density at radius 2 is 1.87 bits per heavy atom. The van der Waals surface area contributed by atoms with Crippen LogP contribution >= 0.6 is 25.3 Å². The minimum atomic E-state index is -1.18. The van der Waals surface area contributed by atoms with Crippen molar-refractivity contribution in [2.45, 2.75) is 36.7 Å². The van der Waals surface area contributed by atoms with Crippen LogP contribution in [0.25, 0.3) is 0 Å². The molecule has 6 heteroatoms. The molecule has 2 unspecified atom stereocenters. The summed E-state index contributed by atoms with van der Waals surface area (Å²) in [6.45, 7) is 2.35. The quantitative estimate of drug-likeness (QED) is 0.364. The van der Waals surface area contributed by atoms with E-state index in [1.165, 1.54) is 0 Å². The smallest absolute Gasteiger partial charge is 0.320 e. The van der Waals surface area contributed by atoms with Crippen LogP contribution in [0.2, 0.25) is 0 Å². The fraction of sp³-hybridized carbons (Fsp3) is 0.778. The molecule has 88 valence electrons. The van der Waals surface area contributed by atoms with Crippen LogP contribution in [-0.2, 0) is 14.3 Å². The third kappa shape index (κ3) is 5.94. The average Bonchev–Trinajstić information content (AvgIpc) is 2.21. The minimum absolute atomic E-state index is 0.309. The van der Waals surface area contributed by atoms with Gasteiger partial charge in [-0.15, -0.1) is 0 Å². The Bertz CT molecular complexity index is 220. The Labute approximate surface area is 100 Å². The highest BCUT2D eigenvalue weighted by molar-refractivity contribution is 7.86. The maximum atomic E-state index is 11.2. The number of esters is 1. The molecule has 0 spiro atoms. The fourth-order valence-electron chi connectivity index (χ4n) is 0.874. The van der Waals surface area contributed by atoms with Crippen molar-refractivity contribution in [3.63, 3.8) is 0 Å². The van der Waals surface area contributed by atoms with E-state index in [2.05, 4.69) is 25.3 Å². The molecule has 0 aromatic heterocycles. The lowest BCUT2D eigenvalue weighted by molar-refractivity contribution is -0.146. The van der Waals surface area contributed by atoms with Gasteiger partial charge in [-0.25, -0.2) is 0 Å². The summed E-state index contributed by atoms with van der Waals surface area (Å²) in [5, 5.41) is 6.42. The van der Waals surface area contributed by atoms with Gasteiger partial charge in [-0.05, 0) is 6.42 Å². The third-order valence-electron chi connectivity index (χ3n) is 1.79. The van der Waals surface area contributed by atoms with E-state index < -0.39 is 22.4 Å². The fourth-order valence-corrected chi connectivity index (χ4v) is 1.20. The van der Waals surface area contributed by atoms with E-state index in [0.29, 0.717) is 6.61 Å². The van der Waals surface area contributed by atoms with Crippen molar-refractivity contribution >= 4 is 37.2 Å². The molecule has 0 rings (SSSR count). The molecule has 0 saturated carbocycles. The second-order valence-electron chi connectivity index (χ2n) is 3.10. The maximum Gasteiger partial charge on any atom is 0.320 e. The summed E-state index contributed by atoms with van der Waals surface area (Å²) in [5.74, 6) is -1.80. The largest absolute Gasteiger partial charge is 0.480 e. The van der Waals surface area contributed by atoms with Crippen molar-refractivity contribution < 1.29 is 19.4 Å². The predicted molar refractivity (Wildman–Crippen MR) is 63.7 cm³/mol. The van der Waals surface area contributed by atoms with Crippen LogP contribution in [0, 0.1) is 0 Å². The van der Waals surface area contributed by atoms with Crippen molar-refractivity contribution in [3.8, 4) is 0 Å². The monoisotopic (exact) mass is 252 g/mol. The minimum Gasteiger partial charge on any atom is -0.480 e. The van der Waals surface area contributed by atoms with Gasteiger partial charge in [0.1, 0.15) is 10.5 Å². The first-order valence-electron chi connectivity index (χ1n) is 4.76. The summed E-state index contributed by atoms with van der Waals surface area (Å²) in [6, 6.07) is 0. The van der Waals surface area contributed by atoms with E-state index in [9.17, 15) is 9.59 Å². The van der Waals surface area contributed by atoms with Gasteiger partial charge in [0.25, 0.3) is 0 Å². The van der Waals surface area contributed by atoms with Crippen molar-refractivity contribution in [3.05, 3.63) is 0 Å². The van der Waals surface area contributed by atoms with Crippen LogP contribution in [0.4, 0.5) is 0 Å². The van der Waals surface area contributed by atoms with Gasteiger partial charge in [0.05, 0.1) is 6.61 Å². The summed E-state index contributed by atoms with van der Waals surface area (Å²) in [7, 11) is 0. The molecule has 4 nitrogen and oxygen atoms in total. The molecule has 2 atom stereocenters. The first kappa shape index (κ1) is 14.6. The Kier molecular flexibility index (Phi) is 7.68. The zero-order chi connectivity index (χ0) is 11.8. The molecule has 1 N–H and O–H groups in total. The first-order valence-corrected chi connectivity index (χ1v) is 5.79. The number of rotatable bonds is 7. The van der Waals surface area contributed by atoms with Gasteiger partial charge in [-0.3, -0.25) is 9.59 Å². The second kappa shape index (κ2) is 7.87. The number of carbonyl (C=O) groups is 2. The zero-order valence-electron chi connectivity index (χ0n) is 8.55. The predicted octanol–water partition coefficient (Wildman–Crippen LogP) is 1.40. The Morgan fingerprint density at radius 1 is 1.27 bits per heavy atom. The van der Waals surface area contributed by atoms with E-state index in [0.717, 1.165) is 19.3 Å². The molecule has 0 fully saturated rings. The SMILES string of the molecule is CCCCCOC(=O)C(S)C(S)C(=O)O. The maximum absolute atomic E-state index is 11.2. The molecule has 0 aromatic rings. The summed E-state index contributed by atoms with van der Waals surface area (Å²) in [4.78, 5) is 21.7. The Balaban J connectivity index is 3.84. The molecule has 0 aliphatic carbocycles. The van der Waals surface area contributed by atoms with Crippen LogP contribution in [0.15, 0.2) is 0 Å². The Morgan fingerprint density at radius 3 is 2.33 bits per heavy atom. The molecular formula is C9H16O4S2. The van der Waals surface area contributed by atoms with Crippen LogP contribution in [0.3, 0.4) is 0 Å². The van der Waals surface area contributed by atoms with Crippen molar-refractivity contribution in [2.75, 3.05) is 6.61 Å². The molecule has 0 heterocycles. The first-order chi connectivity index (χ1) is 7.00. The normalized spacial score (nSPS) is 14.3. The van der Waals surface area contributed by atoms with E-state index in [4.69, 9.17) is 9.84 Å². The van der Waals surface area contributed by atoms with Crippen LogP contribution in [0.1, 0.15) is 26.2 Å². The number of thiol groups is 2. The van der Waals surface area contributed by atoms with Crippen molar-refractivity contribution in [1.82, 2.24) is 0 Å². The van der Waals surface area contributed by atoms with Crippen LogP contribution in [-0.4, -0.2) is 34.2 Å². The van der Waals surface area contributed by atoms with Gasteiger partial charge in [0.2, 0.25) is 0 Å². The van der Waals surface area contributed by atoms with Crippen molar-refractivity contribution in [1.29, 1.82) is 0 Å². The Hall–Kier alpha value is -0.360. The summed E-state index contributed by atoms with van der Waals surface area (Å²) >= 11 is 7.60. The molecular weight excluding hydrogens is 236 g/mol. The van der Waals surface area contributed by atoms with E-state index >= 15 is 0 Å². The molecule has 0 saturated heterocycles. The second-order valence-corrected chi connectivity index (χ2v) is 4.22. The highest BCUT2D eigenvalue weighted by Gasteiger charge is 2.28. The standard InChI is InChI=1S/C9H16O4S2/c1-2-3-4-5-13-9(12)7(15)6(14)8(10)11/h6-7,14-15H,2-5H2,1H3,(H,10,11). The van der Waals surface area contributed by atoms with Gasteiger partial charge in [0.15, 0.2) is 0 Å². The number of aliphatic carboxylic acids is 1. The van der Waals surface area contributed by atoms with Crippen molar-refractivity contribution in [2.24, 2.45) is 0 Å². The number of carboxylic acid groups (broad SMARTS) is 1. The molecule has 0 bridgehead atoms. The summed E-state index contributed by atoms with van der Waals surface area (Å²) in [6.07, 6.45) is 2.80. The molecule has 0 radical (unpaired) electrons. The number of carboxylic acids is 1. The molecule has 0 aliphatic rings. The van der Waals surface area contributed by atoms with Gasteiger partial charge >= 0.3 is 11.9 Å². The third-order valence-corrected chi connectivity index (χ3v) is 3.05. The number of hydrogen-bond donors (Lipinski definition) is 3. The topological polar surface area (TPSA) is 63.6 Å². The lowest BCUT2D eigenvalue weighted by atomic mass is 10.2. The highest BCUT2D eigenvalue weighted by atomic mass is 32.1. The molecule has 0 aromatic carbocycles. The van der Waals surface area contributed by atoms with E-state index in [1.807, 2.05) is 6.92 Å². The lowest BCUT2D eigenvalue weighted by Gasteiger charge is -2.13. The molecule has 15 heavy (non-hydrogen) atoms. The molecule has 0 aliphatic heterocycles. The highest BCUT2D eigenvalue weighted by Crippen LogP contribution is 2.11. The van der Waals surface area contributed by atoms with Gasteiger partial charge in [0, 0.05) is 0 Å². The molecule has 0 amide bonds. The van der Waals surface area contributed by atoms with Gasteiger partial charge in [-0.1, -0.05) is 19.8 Å². The van der Waals surface area contributed by atoms with Crippen LogP contribution < -0.4 is 0 Å². The lowest BCUT2D eigenvalue weighted by Crippen LogP contribution is -2.33. The number of hydrogen-bond acceptors (Lipinski definition) is 5. The van der Waals surface area contributed by atoms with Crippen LogP contribution in [0.5, 0.6) is 0 Å². The number of unbranched alkanes of at least 4 members (excludes halogenated alkanes) is 2. The van der Waals surface area contributed by atoms with E-state index in [-0.39, 0.29) is 0 Å². The van der Waals surface area contributed by atoms with Gasteiger partial charge < -0.3 is 9.84 Å². The number of carbonyl (C=O) groups excluding carboxylic acids is 1. The zero-order valence-corrected chi connectivity index (χ0v) is 10.3. The summed E-state index contributed by atoms with van der Waals surface area (Å²) in [5.41, 5.74) is 0. The number of ether oxygens (including phenoxy) is 1.